The lowest BCUT2D eigenvalue weighted by Gasteiger charge is -2.38. The molecule has 3 unspecified atom stereocenters. The number of carbonyl (C=O) groups is 1. The summed E-state index contributed by atoms with van der Waals surface area (Å²) in [6.07, 6.45) is 0.406. The molecule has 5 rings (SSSR count). The largest absolute Gasteiger partial charge is 0.444 e. The molecule has 11 heteroatoms. The van der Waals surface area contributed by atoms with E-state index in [1.165, 1.54) is 6.92 Å². The average Bonchev–Trinajstić information content (AvgIpc) is 3.23. The van der Waals surface area contributed by atoms with E-state index in [4.69, 9.17) is 4.74 Å². The lowest BCUT2D eigenvalue weighted by Crippen LogP contribution is -2.50. The number of fused-ring (bicyclic) bond motifs is 2. The minimum atomic E-state index is -0.605. The number of rotatable bonds is 3. The summed E-state index contributed by atoms with van der Waals surface area (Å²) in [6, 6.07) is 1.36. The third-order valence-corrected chi connectivity index (χ3v) is 8.05. The fourth-order valence-electron chi connectivity index (χ4n) is 4.31. The molecular formula is C20H21BrFIN4O4. The Labute approximate surface area is 200 Å². The Morgan fingerprint density at radius 3 is 2.77 bits per heavy atom. The maximum absolute atomic E-state index is 14.9. The van der Waals surface area contributed by atoms with Crippen molar-refractivity contribution in [2.24, 2.45) is 5.92 Å². The van der Waals surface area contributed by atoms with Crippen LogP contribution in [0.15, 0.2) is 10.5 Å². The number of amides is 1. The summed E-state index contributed by atoms with van der Waals surface area (Å²) in [7, 11) is 0. The molecule has 1 amide bonds. The summed E-state index contributed by atoms with van der Waals surface area (Å²) in [6.45, 7) is 7.45. The van der Waals surface area contributed by atoms with Crippen LogP contribution in [-0.2, 0) is 4.74 Å². The second-order valence-corrected chi connectivity index (χ2v) is 10.9. The Morgan fingerprint density at radius 2 is 2.16 bits per heavy atom. The first-order valence-electron chi connectivity index (χ1n) is 9.77. The number of carbonyl (C=O) groups excluding carboxylic acids is 1. The maximum Gasteiger partial charge on any atom is 0.410 e. The van der Waals surface area contributed by atoms with Gasteiger partial charge in [-0.3, -0.25) is 10.1 Å². The van der Waals surface area contributed by atoms with Crippen LogP contribution in [0.4, 0.5) is 20.6 Å². The van der Waals surface area contributed by atoms with Gasteiger partial charge in [-0.2, -0.15) is 0 Å². The van der Waals surface area contributed by atoms with Crippen molar-refractivity contribution in [1.29, 1.82) is 0 Å². The van der Waals surface area contributed by atoms with Crippen LogP contribution < -0.4 is 5.32 Å². The number of nitrogens with one attached hydrogen (secondary N) is 1. The number of pyridine rings is 1. The molecule has 2 aliphatic heterocycles. The van der Waals surface area contributed by atoms with Crippen LogP contribution >= 0.6 is 38.5 Å². The van der Waals surface area contributed by atoms with Crippen molar-refractivity contribution < 1.29 is 18.8 Å². The molecular weight excluding hydrogens is 586 g/mol. The van der Waals surface area contributed by atoms with Gasteiger partial charge in [0.05, 0.1) is 21.5 Å². The highest BCUT2D eigenvalue weighted by Gasteiger charge is 2.55. The van der Waals surface area contributed by atoms with Crippen molar-refractivity contribution in [3.63, 3.8) is 0 Å². The monoisotopic (exact) mass is 606 g/mol. The molecule has 2 bridgehead atoms. The molecule has 3 atom stereocenters. The number of aryl methyl sites for hydroxylation is 1. The Bertz CT molecular complexity index is 1120. The van der Waals surface area contributed by atoms with Crippen LogP contribution in [-0.4, -0.2) is 45.1 Å². The molecule has 1 N–H and O–H groups in total. The SMILES string of the molecule is Cc1nc2c(F)c(Br)c(I)cc2c(NC2C3CC2N(C(=O)OC(C)(C)C)C3)c1[N+](=O)[O-]. The van der Waals surface area contributed by atoms with Crippen molar-refractivity contribution in [1.82, 2.24) is 9.88 Å². The zero-order chi connectivity index (χ0) is 22.8. The van der Waals surface area contributed by atoms with E-state index in [1.807, 2.05) is 43.4 Å². The third kappa shape index (κ3) is 3.83. The van der Waals surface area contributed by atoms with E-state index >= 15 is 0 Å². The maximum atomic E-state index is 14.9. The molecule has 166 valence electrons. The van der Waals surface area contributed by atoms with Crippen LogP contribution in [0.2, 0.25) is 0 Å². The lowest BCUT2D eigenvalue weighted by molar-refractivity contribution is -0.384. The van der Waals surface area contributed by atoms with Crippen LogP contribution in [0.5, 0.6) is 0 Å². The second-order valence-electron chi connectivity index (χ2n) is 8.93. The van der Waals surface area contributed by atoms with Gasteiger partial charge in [0.1, 0.15) is 22.5 Å². The number of aromatic nitrogens is 1. The summed E-state index contributed by atoms with van der Waals surface area (Å²) in [5, 5.41) is 15.5. The molecule has 0 spiro atoms. The molecule has 1 aromatic carbocycles. The molecule has 2 aromatic rings. The smallest absolute Gasteiger partial charge is 0.410 e. The zero-order valence-corrected chi connectivity index (χ0v) is 21.1. The number of benzene rings is 1. The van der Waals surface area contributed by atoms with Crippen LogP contribution in [0.1, 0.15) is 32.9 Å². The summed E-state index contributed by atoms with van der Waals surface area (Å²) in [4.78, 5) is 29.8. The Kier molecular flexibility index (Phi) is 5.56. The van der Waals surface area contributed by atoms with Crippen LogP contribution in [0, 0.1) is 32.3 Å². The molecule has 1 saturated carbocycles. The van der Waals surface area contributed by atoms with Gasteiger partial charge in [-0.25, -0.2) is 14.2 Å². The third-order valence-electron chi connectivity index (χ3n) is 5.68. The van der Waals surface area contributed by atoms with Gasteiger partial charge in [0, 0.05) is 21.4 Å². The zero-order valence-electron chi connectivity index (χ0n) is 17.3. The summed E-state index contributed by atoms with van der Waals surface area (Å²) < 4.78 is 21.2. The number of hydrogen-bond donors (Lipinski definition) is 1. The van der Waals surface area contributed by atoms with Crippen LogP contribution in [0.3, 0.4) is 0 Å². The topological polar surface area (TPSA) is 97.6 Å². The highest BCUT2D eigenvalue weighted by Crippen LogP contribution is 2.46. The van der Waals surface area contributed by atoms with Gasteiger partial charge in [-0.1, -0.05) is 0 Å². The van der Waals surface area contributed by atoms with Gasteiger partial charge in [0.25, 0.3) is 0 Å². The minimum absolute atomic E-state index is 0.0635. The molecule has 1 aromatic heterocycles. The number of halogens is 3. The van der Waals surface area contributed by atoms with Crippen molar-refractivity contribution in [2.45, 2.75) is 51.8 Å². The number of nitrogens with zero attached hydrogens (tertiary/aromatic N) is 3. The highest BCUT2D eigenvalue weighted by atomic mass is 127. The molecule has 1 aliphatic carbocycles. The van der Waals surface area contributed by atoms with Crippen molar-refractivity contribution >= 4 is 66.9 Å². The van der Waals surface area contributed by atoms with Gasteiger partial charge in [-0.15, -0.1) is 0 Å². The Balaban J connectivity index is 1.73. The summed E-state index contributed by atoms with van der Waals surface area (Å²) in [5.74, 6) is -0.421. The number of nitro groups is 1. The van der Waals surface area contributed by atoms with E-state index in [2.05, 4.69) is 26.2 Å². The van der Waals surface area contributed by atoms with E-state index in [0.717, 1.165) is 6.42 Å². The molecule has 3 aliphatic rings. The molecule has 0 radical (unpaired) electrons. The Hall–Kier alpha value is -1.76. The number of anilines is 1. The van der Waals surface area contributed by atoms with Gasteiger partial charge >= 0.3 is 11.8 Å². The molecule has 8 nitrogen and oxygen atoms in total. The van der Waals surface area contributed by atoms with Crippen molar-refractivity contribution in [2.75, 3.05) is 11.9 Å². The summed E-state index contributed by atoms with van der Waals surface area (Å²) >= 11 is 5.19. The Morgan fingerprint density at radius 1 is 1.48 bits per heavy atom. The normalized spacial score (nSPS) is 22.4. The molecule has 31 heavy (non-hydrogen) atoms. The van der Waals surface area contributed by atoms with Gasteiger partial charge in [-0.05, 0) is 78.7 Å². The lowest BCUT2D eigenvalue weighted by atomic mass is 9.79. The van der Waals surface area contributed by atoms with E-state index in [0.29, 0.717) is 15.5 Å². The van der Waals surface area contributed by atoms with Crippen LogP contribution in [0.25, 0.3) is 10.9 Å². The van der Waals surface area contributed by atoms with E-state index < -0.39 is 16.3 Å². The molecule has 2 saturated heterocycles. The predicted octanol–water partition coefficient (Wildman–Crippen LogP) is 5.38. The first kappa shape index (κ1) is 22.4. The standard InChI is InChI=1S/C20H21BrFIN4O4/c1-8-18(27(29)30)17(10-6-11(23)13(21)14(22)16(10)24-8)25-15-9-5-12(15)26(7-9)19(28)31-20(2,3)4/h6,9,12,15H,5,7H2,1-4H3,(H,24,25). The predicted molar refractivity (Wildman–Crippen MR) is 126 cm³/mol. The fourth-order valence-corrected chi connectivity index (χ4v) is 5.16. The first-order valence-corrected chi connectivity index (χ1v) is 11.6. The molecule has 3 fully saturated rings. The van der Waals surface area contributed by atoms with E-state index in [9.17, 15) is 19.3 Å². The summed E-state index contributed by atoms with van der Waals surface area (Å²) in [5.41, 5.74) is -0.356. The number of hydrogen-bond acceptors (Lipinski definition) is 6. The van der Waals surface area contributed by atoms with Crippen molar-refractivity contribution in [3.05, 3.63) is 35.7 Å². The second kappa shape index (κ2) is 7.68. The van der Waals surface area contributed by atoms with E-state index in [1.54, 1.807) is 11.0 Å². The highest BCUT2D eigenvalue weighted by molar-refractivity contribution is 14.1. The minimum Gasteiger partial charge on any atom is -0.444 e. The van der Waals surface area contributed by atoms with Gasteiger partial charge < -0.3 is 15.0 Å². The fraction of sp³-hybridized carbons (Fsp3) is 0.500. The van der Waals surface area contributed by atoms with Crippen molar-refractivity contribution in [3.8, 4) is 0 Å². The number of ether oxygens (including phenoxy) is 1. The van der Waals surface area contributed by atoms with E-state index in [-0.39, 0.29) is 51.2 Å². The van der Waals surface area contributed by atoms with Gasteiger partial charge in [0.2, 0.25) is 0 Å². The van der Waals surface area contributed by atoms with Gasteiger partial charge in [0.15, 0.2) is 5.82 Å². The quantitative estimate of drug-likeness (QED) is 0.218. The average molecular weight is 607 g/mol. The first-order chi connectivity index (χ1) is 14.4. The molecule has 3 heterocycles.